The van der Waals surface area contributed by atoms with Gasteiger partial charge in [0.15, 0.2) is 17.3 Å². The molecule has 1 amide bonds. The number of amides is 1. The van der Waals surface area contributed by atoms with Crippen LogP contribution in [0.5, 0.6) is 5.75 Å². The fourth-order valence-corrected chi connectivity index (χ4v) is 3.66. The first kappa shape index (κ1) is 17.7. The molecule has 1 aliphatic rings. The Balaban J connectivity index is 1.67. The van der Waals surface area contributed by atoms with Crippen molar-refractivity contribution in [3.63, 3.8) is 0 Å². The molecule has 0 fully saturated rings. The zero-order valence-corrected chi connectivity index (χ0v) is 15.7. The summed E-state index contributed by atoms with van der Waals surface area (Å²) in [5.74, 6) is -0.995. The number of benzene rings is 2. The van der Waals surface area contributed by atoms with E-state index in [4.69, 9.17) is 9.26 Å². The number of hydrogen-bond acceptors (Lipinski definition) is 4. The van der Waals surface area contributed by atoms with Gasteiger partial charge in [-0.3, -0.25) is 4.79 Å². The third-order valence-corrected chi connectivity index (χ3v) is 5.08. The Morgan fingerprint density at radius 1 is 1.26 bits per heavy atom. The lowest BCUT2D eigenvalue weighted by Gasteiger charge is -2.16. The molecule has 1 heterocycles. The van der Waals surface area contributed by atoms with E-state index in [-0.39, 0.29) is 15.9 Å². The number of hydrogen-bond donors (Lipinski definition) is 1. The van der Waals surface area contributed by atoms with Gasteiger partial charge in [-0.1, -0.05) is 5.16 Å². The predicted molar refractivity (Wildman–Crippen MR) is 97.9 cm³/mol. The zero-order valence-electron chi connectivity index (χ0n) is 14.1. The smallest absolute Gasteiger partial charge is 0.278 e. The van der Waals surface area contributed by atoms with Gasteiger partial charge in [0.05, 0.1) is 12.8 Å². The number of rotatable bonds is 3. The Hall–Kier alpha value is -2.74. The monoisotopic (exact) mass is 434 g/mol. The van der Waals surface area contributed by atoms with Crippen LogP contribution in [0.3, 0.4) is 0 Å². The van der Waals surface area contributed by atoms with Crippen molar-refractivity contribution in [2.45, 2.75) is 12.8 Å². The van der Waals surface area contributed by atoms with Crippen molar-refractivity contribution in [2.75, 3.05) is 12.4 Å². The van der Waals surface area contributed by atoms with Crippen molar-refractivity contribution in [1.82, 2.24) is 5.16 Å². The zero-order chi connectivity index (χ0) is 19.1. The first-order valence-corrected chi connectivity index (χ1v) is 8.89. The first-order valence-electron chi connectivity index (χ1n) is 8.09. The molecule has 5 nitrogen and oxygen atoms in total. The van der Waals surface area contributed by atoms with Crippen LogP contribution in [0.2, 0.25) is 0 Å². The van der Waals surface area contributed by atoms with Gasteiger partial charge in [-0.2, -0.15) is 0 Å². The van der Waals surface area contributed by atoms with Gasteiger partial charge in [0.1, 0.15) is 11.6 Å². The molecule has 1 aliphatic carbocycles. The Kier molecular flexibility index (Phi) is 4.43. The topological polar surface area (TPSA) is 64.4 Å². The number of nitrogens with zero attached hydrogens (tertiary/aromatic N) is 1. The second kappa shape index (κ2) is 6.77. The number of aryl methyl sites for hydroxylation is 1. The van der Waals surface area contributed by atoms with Crippen LogP contribution in [0.1, 0.15) is 21.6 Å². The first-order chi connectivity index (χ1) is 13.0. The lowest BCUT2D eigenvalue weighted by molar-refractivity contribution is 0.101. The maximum Gasteiger partial charge on any atom is 0.278 e. The van der Waals surface area contributed by atoms with Crippen LogP contribution in [0.15, 0.2) is 39.3 Å². The van der Waals surface area contributed by atoms with E-state index in [2.05, 4.69) is 26.4 Å². The number of methoxy groups -OCH3 is 1. The summed E-state index contributed by atoms with van der Waals surface area (Å²) in [5.41, 5.74) is 2.47. The molecule has 138 valence electrons. The summed E-state index contributed by atoms with van der Waals surface area (Å²) < 4.78 is 37.9. The molecule has 3 aromatic rings. The molecule has 2 aromatic carbocycles. The van der Waals surface area contributed by atoms with Crippen molar-refractivity contribution < 1.29 is 22.8 Å². The Labute approximate surface area is 161 Å². The van der Waals surface area contributed by atoms with Crippen LogP contribution < -0.4 is 10.1 Å². The molecule has 0 radical (unpaired) electrons. The minimum atomic E-state index is -0.884. The second-order valence-electron chi connectivity index (χ2n) is 6.06. The van der Waals surface area contributed by atoms with Crippen LogP contribution in [0.25, 0.3) is 11.3 Å². The number of fused-ring (bicyclic) bond motifs is 3. The summed E-state index contributed by atoms with van der Waals surface area (Å²) >= 11 is 3.05. The normalized spacial score (nSPS) is 12.3. The summed E-state index contributed by atoms with van der Waals surface area (Å²) in [6, 6.07) is 7.35. The molecule has 27 heavy (non-hydrogen) atoms. The average Bonchev–Trinajstić information content (AvgIpc) is 3.08. The van der Waals surface area contributed by atoms with Crippen molar-refractivity contribution in [2.24, 2.45) is 0 Å². The van der Waals surface area contributed by atoms with Gasteiger partial charge >= 0.3 is 0 Å². The molecule has 0 spiro atoms. The quantitative estimate of drug-likeness (QED) is 0.646. The van der Waals surface area contributed by atoms with Crippen LogP contribution in [-0.4, -0.2) is 18.2 Å². The summed E-state index contributed by atoms with van der Waals surface area (Å²) in [4.78, 5) is 12.6. The van der Waals surface area contributed by atoms with Crippen molar-refractivity contribution >= 4 is 27.5 Å². The fraction of sp³-hybridized carbons (Fsp3) is 0.158. The number of halogens is 3. The van der Waals surface area contributed by atoms with Gasteiger partial charge in [-0.15, -0.1) is 0 Å². The Morgan fingerprint density at radius 2 is 2.07 bits per heavy atom. The maximum atomic E-state index is 14.0. The summed E-state index contributed by atoms with van der Waals surface area (Å²) in [7, 11) is 1.60. The van der Waals surface area contributed by atoms with E-state index in [9.17, 15) is 13.6 Å². The molecular formula is C19H13BrF2N2O3. The van der Waals surface area contributed by atoms with E-state index >= 15 is 0 Å². The number of ether oxygens (including phenoxy) is 1. The van der Waals surface area contributed by atoms with E-state index in [0.717, 1.165) is 22.9 Å². The van der Waals surface area contributed by atoms with E-state index < -0.39 is 17.5 Å². The van der Waals surface area contributed by atoms with Crippen LogP contribution in [0.4, 0.5) is 14.5 Å². The maximum absolute atomic E-state index is 14.0. The van der Waals surface area contributed by atoms with Crippen molar-refractivity contribution in [3.05, 3.63) is 63.3 Å². The highest BCUT2D eigenvalue weighted by Gasteiger charge is 2.28. The molecule has 8 heteroatoms. The van der Waals surface area contributed by atoms with Crippen LogP contribution in [-0.2, 0) is 12.8 Å². The minimum absolute atomic E-state index is 0.0853. The van der Waals surface area contributed by atoms with Gasteiger partial charge in [0.2, 0.25) is 0 Å². The van der Waals surface area contributed by atoms with Gasteiger partial charge in [-0.25, -0.2) is 8.78 Å². The Morgan fingerprint density at radius 3 is 2.81 bits per heavy atom. The van der Waals surface area contributed by atoms with E-state index in [1.165, 1.54) is 0 Å². The number of carbonyl (C=O) groups is 1. The molecule has 0 saturated carbocycles. The van der Waals surface area contributed by atoms with E-state index in [1.54, 1.807) is 13.2 Å². The number of anilines is 1. The largest absolute Gasteiger partial charge is 0.497 e. The molecule has 0 saturated heterocycles. The molecule has 0 unspecified atom stereocenters. The SMILES string of the molecule is COc1ccc2c(c1)CCc1c(C(=O)Nc3c(F)cc(F)cc3Br)noc1-2. The van der Waals surface area contributed by atoms with E-state index in [1.807, 2.05) is 12.1 Å². The average molecular weight is 435 g/mol. The van der Waals surface area contributed by atoms with Gasteiger partial charge in [-0.05, 0) is 58.6 Å². The second-order valence-corrected chi connectivity index (χ2v) is 6.91. The summed E-state index contributed by atoms with van der Waals surface area (Å²) in [6.45, 7) is 0. The molecule has 1 N–H and O–H groups in total. The van der Waals surface area contributed by atoms with Crippen molar-refractivity contribution in [1.29, 1.82) is 0 Å². The molecule has 0 aliphatic heterocycles. The number of aromatic nitrogens is 1. The molecule has 1 aromatic heterocycles. The van der Waals surface area contributed by atoms with Gasteiger partial charge in [0, 0.05) is 21.7 Å². The highest BCUT2D eigenvalue weighted by atomic mass is 79.9. The van der Waals surface area contributed by atoms with Crippen LogP contribution >= 0.6 is 15.9 Å². The molecule has 0 atom stereocenters. The predicted octanol–water partition coefficient (Wildman–Crippen LogP) is 4.74. The van der Waals surface area contributed by atoms with Gasteiger partial charge in [0.25, 0.3) is 5.91 Å². The molecular weight excluding hydrogens is 422 g/mol. The van der Waals surface area contributed by atoms with Crippen molar-refractivity contribution in [3.8, 4) is 17.1 Å². The van der Waals surface area contributed by atoms with Crippen LogP contribution in [0, 0.1) is 11.6 Å². The standard InChI is InChI=1S/C19H13BrF2N2O3/c1-26-11-3-5-12-9(6-11)2-4-13-16(24-27-18(12)13)19(25)23-17-14(20)7-10(21)8-15(17)22/h3,5-8H,2,4H2,1H3,(H,23,25). The highest BCUT2D eigenvalue weighted by molar-refractivity contribution is 9.10. The Bertz CT molecular complexity index is 1040. The molecule has 4 rings (SSSR count). The lowest BCUT2D eigenvalue weighted by Crippen LogP contribution is -2.17. The summed E-state index contributed by atoms with van der Waals surface area (Å²) in [6.07, 6.45) is 1.24. The third-order valence-electron chi connectivity index (χ3n) is 4.45. The number of nitrogens with one attached hydrogen (secondary N) is 1. The molecule has 0 bridgehead atoms. The summed E-state index contributed by atoms with van der Waals surface area (Å²) in [5, 5.41) is 6.31. The number of carbonyl (C=O) groups excluding carboxylic acids is 1. The van der Waals surface area contributed by atoms with Gasteiger partial charge < -0.3 is 14.6 Å². The fourth-order valence-electron chi connectivity index (χ4n) is 3.15. The highest BCUT2D eigenvalue weighted by Crippen LogP contribution is 2.37. The third kappa shape index (κ3) is 3.10. The lowest BCUT2D eigenvalue weighted by atomic mass is 9.89. The van der Waals surface area contributed by atoms with E-state index in [0.29, 0.717) is 30.2 Å². The minimum Gasteiger partial charge on any atom is -0.497 e.